The van der Waals surface area contributed by atoms with E-state index in [0.29, 0.717) is 30.2 Å². The number of likely N-dealkylation sites (tertiary alicyclic amines) is 1. The van der Waals surface area contributed by atoms with E-state index in [4.69, 9.17) is 0 Å². The van der Waals surface area contributed by atoms with Crippen LogP contribution in [0.1, 0.15) is 36.8 Å². The van der Waals surface area contributed by atoms with Gasteiger partial charge in [0.25, 0.3) is 5.56 Å². The number of aryl methyl sites for hydroxylation is 1. The predicted octanol–water partition coefficient (Wildman–Crippen LogP) is 0.588. The van der Waals surface area contributed by atoms with Crippen LogP contribution in [0.4, 0.5) is 4.79 Å². The van der Waals surface area contributed by atoms with Gasteiger partial charge in [-0.25, -0.2) is 9.78 Å². The van der Waals surface area contributed by atoms with Crippen molar-refractivity contribution >= 4 is 6.03 Å². The number of hydrogen-bond donors (Lipinski definition) is 2. The van der Waals surface area contributed by atoms with E-state index in [1.54, 1.807) is 11.8 Å². The maximum Gasteiger partial charge on any atom is 0.318 e. The van der Waals surface area contributed by atoms with Gasteiger partial charge >= 0.3 is 6.03 Å². The van der Waals surface area contributed by atoms with Crippen LogP contribution < -0.4 is 10.9 Å². The van der Waals surface area contributed by atoms with Gasteiger partial charge in [0, 0.05) is 12.6 Å². The molecule has 1 unspecified atom stereocenters. The van der Waals surface area contributed by atoms with E-state index in [2.05, 4.69) is 20.2 Å². The van der Waals surface area contributed by atoms with Gasteiger partial charge in [-0.2, -0.15) is 0 Å². The zero-order chi connectivity index (χ0) is 15.7. The summed E-state index contributed by atoms with van der Waals surface area (Å²) < 4.78 is 0. The average Bonchev–Trinajstić information content (AvgIpc) is 3.07. The van der Waals surface area contributed by atoms with Gasteiger partial charge in [0.2, 0.25) is 0 Å². The summed E-state index contributed by atoms with van der Waals surface area (Å²) in [5.41, 5.74) is 1.18. The van der Waals surface area contributed by atoms with Crippen LogP contribution in [0.3, 0.4) is 0 Å². The number of carbonyl (C=O) groups is 1. The average molecular weight is 305 g/mol. The molecular formula is C15H23N5O2. The first-order chi connectivity index (χ1) is 10.5. The summed E-state index contributed by atoms with van der Waals surface area (Å²) in [6.07, 6.45) is 2.49. The summed E-state index contributed by atoms with van der Waals surface area (Å²) in [5, 5.41) is 3.02. The smallest absolute Gasteiger partial charge is 0.318 e. The van der Waals surface area contributed by atoms with Crippen LogP contribution >= 0.6 is 0 Å². The van der Waals surface area contributed by atoms with Gasteiger partial charge in [0.1, 0.15) is 5.82 Å². The van der Waals surface area contributed by atoms with Crippen LogP contribution in [-0.2, 0) is 13.1 Å². The summed E-state index contributed by atoms with van der Waals surface area (Å²) in [7, 11) is 0. The van der Waals surface area contributed by atoms with Crippen molar-refractivity contribution in [1.82, 2.24) is 25.1 Å². The Labute approximate surface area is 129 Å². The first-order valence-electron chi connectivity index (χ1n) is 7.89. The quantitative estimate of drug-likeness (QED) is 0.856. The second-order valence-electron chi connectivity index (χ2n) is 6.29. The lowest BCUT2D eigenvalue weighted by Crippen LogP contribution is -2.46. The Bertz CT molecular complexity index is 621. The van der Waals surface area contributed by atoms with Crippen molar-refractivity contribution < 1.29 is 4.79 Å². The topological polar surface area (TPSA) is 81.3 Å². The second kappa shape index (κ2) is 6.08. The number of carbonyl (C=O) groups excluding carboxylic acids is 1. The molecule has 0 saturated carbocycles. The third kappa shape index (κ3) is 3.14. The van der Waals surface area contributed by atoms with Crippen molar-refractivity contribution in [2.24, 2.45) is 0 Å². The van der Waals surface area contributed by atoms with Gasteiger partial charge in [0.05, 0.1) is 24.3 Å². The Morgan fingerprint density at radius 3 is 2.82 bits per heavy atom. The number of hydrogen-bond acceptors (Lipinski definition) is 4. The number of aromatic amines is 1. The Morgan fingerprint density at radius 1 is 1.36 bits per heavy atom. The highest BCUT2D eigenvalue weighted by molar-refractivity contribution is 5.75. The summed E-state index contributed by atoms with van der Waals surface area (Å²) in [6.45, 7) is 7.63. The maximum atomic E-state index is 12.4. The molecule has 1 saturated heterocycles. The van der Waals surface area contributed by atoms with Crippen molar-refractivity contribution in [1.29, 1.82) is 0 Å². The maximum absolute atomic E-state index is 12.4. The standard InChI is InChI=1S/C15H23N5O2/c1-10(7-19-5-3-4-6-19)16-15(22)20-8-12-13(9-20)17-11(2)18-14(12)21/h10H,3-9H2,1-2H3,(H,16,22)(H,17,18,21). The lowest BCUT2D eigenvalue weighted by Gasteiger charge is -2.24. The van der Waals surface area contributed by atoms with E-state index < -0.39 is 0 Å². The number of nitrogens with one attached hydrogen (secondary N) is 2. The summed E-state index contributed by atoms with van der Waals surface area (Å²) in [5.74, 6) is 0.591. The van der Waals surface area contributed by atoms with Gasteiger partial charge in [-0.3, -0.25) is 4.79 Å². The largest absolute Gasteiger partial charge is 0.334 e. The van der Waals surface area contributed by atoms with Crippen LogP contribution in [-0.4, -0.2) is 51.5 Å². The molecule has 0 spiro atoms. The van der Waals surface area contributed by atoms with Crippen LogP contribution in [0.5, 0.6) is 0 Å². The van der Waals surface area contributed by atoms with Crippen LogP contribution in [0.15, 0.2) is 4.79 Å². The van der Waals surface area contributed by atoms with Gasteiger partial charge in [0.15, 0.2) is 0 Å². The fraction of sp³-hybridized carbons (Fsp3) is 0.667. The number of fused-ring (bicyclic) bond motifs is 1. The lowest BCUT2D eigenvalue weighted by atomic mass is 10.3. The molecule has 2 N–H and O–H groups in total. The fourth-order valence-electron chi connectivity index (χ4n) is 3.23. The molecule has 0 aliphatic carbocycles. The molecule has 1 aromatic heterocycles. The van der Waals surface area contributed by atoms with Crippen molar-refractivity contribution in [3.05, 3.63) is 27.4 Å². The Hall–Kier alpha value is -1.89. The van der Waals surface area contributed by atoms with E-state index in [1.165, 1.54) is 12.8 Å². The van der Waals surface area contributed by atoms with Crippen molar-refractivity contribution in [2.45, 2.75) is 45.8 Å². The molecule has 7 heteroatoms. The highest BCUT2D eigenvalue weighted by Gasteiger charge is 2.28. The molecule has 0 bridgehead atoms. The summed E-state index contributed by atoms with van der Waals surface area (Å²) in [4.78, 5) is 35.3. The van der Waals surface area contributed by atoms with Crippen LogP contribution in [0.25, 0.3) is 0 Å². The molecule has 2 amide bonds. The molecule has 22 heavy (non-hydrogen) atoms. The second-order valence-corrected chi connectivity index (χ2v) is 6.29. The number of H-pyrrole nitrogens is 1. The molecule has 2 aliphatic rings. The highest BCUT2D eigenvalue weighted by Crippen LogP contribution is 2.17. The third-order valence-electron chi connectivity index (χ3n) is 4.30. The number of urea groups is 1. The molecule has 1 atom stereocenters. The number of nitrogens with zero attached hydrogens (tertiary/aromatic N) is 3. The SMILES string of the molecule is Cc1nc2c(c(=O)[nH]1)CN(C(=O)NC(C)CN1CCCC1)C2. The van der Waals surface area contributed by atoms with Crippen LogP contribution in [0, 0.1) is 6.92 Å². The van der Waals surface area contributed by atoms with E-state index in [-0.39, 0.29) is 17.6 Å². The van der Waals surface area contributed by atoms with Crippen molar-refractivity contribution in [3.8, 4) is 0 Å². The van der Waals surface area contributed by atoms with Crippen molar-refractivity contribution in [2.75, 3.05) is 19.6 Å². The molecule has 0 radical (unpaired) electrons. The minimum Gasteiger partial charge on any atom is -0.334 e. The normalized spacial score (nSPS) is 19.3. The molecule has 1 aromatic rings. The summed E-state index contributed by atoms with van der Waals surface area (Å²) in [6, 6.07) is -0.0240. The minimum absolute atomic E-state index is 0.0993. The molecule has 3 rings (SSSR count). The zero-order valence-corrected chi connectivity index (χ0v) is 13.2. The molecule has 120 valence electrons. The molecular weight excluding hydrogens is 282 g/mol. The van der Waals surface area contributed by atoms with Gasteiger partial charge in [-0.05, 0) is 39.8 Å². The highest BCUT2D eigenvalue weighted by atomic mass is 16.2. The monoisotopic (exact) mass is 305 g/mol. The zero-order valence-electron chi connectivity index (χ0n) is 13.2. The molecule has 0 aromatic carbocycles. The van der Waals surface area contributed by atoms with E-state index in [9.17, 15) is 9.59 Å². The number of rotatable bonds is 3. The first-order valence-corrected chi connectivity index (χ1v) is 7.89. The van der Waals surface area contributed by atoms with E-state index in [1.807, 2.05) is 6.92 Å². The molecule has 3 heterocycles. The lowest BCUT2D eigenvalue weighted by molar-refractivity contribution is 0.190. The van der Waals surface area contributed by atoms with E-state index in [0.717, 1.165) is 19.6 Å². The minimum atomic E-state index is -0.136. The molecule has 7 nitrogen and oxygen atoms in total. The van der Waals surface area contributed by atoms with Crippen molar-refractivity contribution in [3.63, 3.8) is 0 Å². The van der Waals surface area contributed by atoms with Gasteiger partial charge < -0.3 is 20.1 Å². The van der Waals surface area contributed by atoms with Crippen LogP contribution in [0.2, 0.25) is 0 Å². The number of aromatic nitrogens is 2. The Balaban J connectivity index is 1.58. The Morgan fingerprint density at radius 2 is 2.09 bits per heavy atom. The fourth-order valence-corrected chi connectivity index (χ4v) is 3.23. The Kier molecular flexibility index (Phi) is 4.15. The third-order valence-corrected chi connectivity index (χ3v) is 4.30. The molecule has 1 fully saturated rings. The van der Waals surface area contributed by atoms with Gasteiger partial charge in [-0.1, -0.05) is 0 Å². The number of amides is 2. The van der Waals surface area contributed by atoms with Gasteiger partial charge in [-0.15, -0.1) is 0 Å². The molecule has 2 aliphatic heterocycles. The van der Waals surface area contributed by atoms with E-state index >= 15 is 0 Å². The predicted molar refractivity (Wildman–Crippen MR) is 82.5 cm³/mol. The first kappa shape index (κ1) is 15.0. The summed E-state index contributed by atoms with van der Waals surface area (Å²) >= 11 is 0.